The fraction of sp³-hybridized carbons (Fsp3) is 0.625. The second-order valence-electron chi connectivity index (χ2n) is 9.11. The second kappa shape index (κ2) is 11.4. The van der Waals surface area contributed by atoms with Gasteiger partial charge in [-0.15, -0.1) is 0 Å². The number of nitrogens with zero attached hydrogens (tertiary/aromatic N) is 4. The predicted octanol–water partition coefficient (Wildman–Crippen LogP) is 4.38. The van der Waals surface area contributed by atoms with Gasteiger partial charge >= 0.3 is 0 Å². The average Bonchev–Trinajstić information content (AvgIpc) is 3.28. The molecule has 6 nitrogen and oxygen atoms in total. The van der Waals surface area contributed by atoms with Gasteiger partial charge in [-0.3, -0.25) is 4.79 Å². The first-order valence-corrected chi connectivity index (χ1v) is 13.1. The van der Waals surface area contributed by atoms with E-state index in [9.17, 15) is 4.79 Å². The molecule has 174 valence electrons. The summed E-state index contributed by atoms with van der Waals surface area (Å²) in [4.78, 5) is 22.3. The zero-order valence-electron chi connectivity index (χ0n) is 18.9. The van der Waals surface area contributed by atoms with Crippen LogP contribution in [-0.2, 0) is 11.2 Å². The fourth-order valence-corrected chi connectivity index (χ4v) is 5.57. The molecule has 0 aliphatic carbocycles. The molecule has 1 aromatic carbocycles. The highest BCUT2D eigenvalue weighted by Gasteiger charge is 2.27. The molecule has 4 rings (SSSR count). The Balaban J connectivity index is 1.22. The van der Waals surface area contributed by atoms with E-state index in [2.05, 4.69) is 26.4 Å². The number of carbonyl (C=O) groups excluding carboxylic acids is 1. The topological polar surface area (TPSA) is 61.4 Å². The number of piperidine rings is 2. The van der Waals surface area contributed by atoms with Crippen LogP contribution >= 0.6 is 23.1 Å². The summed E-state index contributed by atoms with van der Waals surface area (Å²) in [6.07, 6.45) is 7.64. The highest BCUT2D eigenvalue weighted by atomic mass is 35.5. The van der Waals surface area contributed by atoms with Crippen LogP contribution in [0.15, 0.2) is 24.3 Å². The van der Waals surface area contributed by atoms with Crippen molar-refractivity contribution in [3.8, 4) is 0 Å². The Labute approximate surface area is 200 Å². The van der Waals surface area contributed by atoms with Crippen LogP contribution in [0.2, 0.25) is 5.02 Å². The van der Waals surface area contributed by atoms with Crippen LogP contribution in [-0.4, -0.2) is 58.9 Å². The molecule has 2 saturated heterocycles. The quantitative estimate of drug-likeness (QED) is 0.574. The summed E-state index contributed by atoms with van der Waals surface area (Å²) in [5.41, 5.74) is 1.15. The number of rotatable bonds is 8. The van der Waals surface area contributed by atoms with E-state index in [1.807, 2.05) is 24.3 Å². The van der Waals surface area contributed by atoms with Crippen molar-refractivity contribution >= 4 is 34.2 Å². The number of hydrogen-bond acceptors (Lipinski definition) is 6. The van der Waals surface area contributed by atoms with E-state index in [1.165, 1.54) is 37.3 Å². The van der Waals surface area contributed by atoms with E-state index >= 15 is 0 Å². The van der Waals surface area contributed by atoms with Gasteiger partial charge in [0.05, 0.1) is 5.92 Å². The van der Waals surface area contributed by atoms with Gasteiger partial charge in [0.15, 0.2) is 0 Å². The molecule has 1 N–H and O–H groups in total. The van der Waals surface area contributed by atoms with Crippen molar-refractivity contribution in [2.24, 2.45) is 5.92 Å². The molecule has 2 aromatic rings. The SMILES string of the molecule is CC1CCCCN1CCCNC(=O)C1CCCN(c2nc(Cc3ccc(Cl)cc3)ns2)C1. The van der Waals surface area contributed by atoms with Gasteiger partial charge in [-0.2, -0.15) is 4.37 Å². The van der Waals surface area contributed by atoms with Crippen LogP contribution in [0.1, 0.15) is 56.8 Å². The Morgan fingerprint density at radius 2 is 2.03 bits per heavy atom. The summed E-state index contributed by atoms with van der Waals surface area (Å²) in [6, 6.07) is 8.49. The number of likely N-dealkylation sites (tertiary alicyclic amines) is 1. The number of benzene rings is 1. The van der Waals surface area contributed by atoms with Gasteiger partial charge < -0.3 is 15.1 Å². The first-order chi connectivity index (χ1) is 15.6. The van der Waals surface area contributed by atoms with E-state index in [0.717, 1.165) is 67.0 Å². The molecule has 2 aliphatic rings. The maximum absolute atomic E-state index is 12.8. The Hall–Kier alpha value is -1.70. The average molecular weight is 476 g/mol. The highest BCUT2D eigenvalue weighted by molar-refractivity contribution is 7.09. The molecular formula is C24H34ClN5OS. The van der Waals surface area contributed by atoms with Crippen molar-refractivity contribution in [3.05, 3.63) is 40.7 Å². The van der Waals surface area contributed by atoms with Crippen LogP contribution < -0.4 is 10.2 Å². The Morgan fingerprint density at radius 3 is 2.84 bits per heavy atom. The molecule has 2 fully saturated rings. The minimum Gasteiger partial charge on any atom is -0.356 e. The summed E-state index contributed by atoms with van der Waals surface area (Å²) in [6.45, 7) is 7.04. The summed E-state index contributed by atoms with van der Waals surface area (Å²) < 4.78 is 4.54. The van der Waals surface area contributed by atoms with Crippen LogP contribution in [0.25, 0.3) is 0 Å². The monoisotopic (exact) mass is 475 g/mol. The molecule has 0 bridgehead atoms. The lowest BCUT2D eigenvalue weighted by Gasteiger charge is -2.33. The maximum atomic E-state index is 12.8. The van der Waals surface area contributed by atoms with Crippen molar-refractivity contribution in [3.63, 3.8) is 0 Å². The third-order valence-electron chi connectivity index (χ3n) is 6.66. The zero-order chi connectivity index (χ0) is 22.3. The molecule has 1 aromatic heterocycles. The first kappa shape index (κ1) is 23.5. The number of amides is 1. The molecule has 2 atom stereocenters. The summed E-state index contributed by atoms with van der Waals surface area (Å²) in [5.74, 6) is 1.04. The first-order valence-electron chi connectivity index (χ1n) is 11.9. The largest absolute Gasteiger partial charge is 0.356 e. The Kier molecular flexibility index (Phi) is 8.38. The van der Waals surface area contributed by atoms with Gasteiger partial charge in [0, 0.05) is 55.2 Å². The summed E-state index contributed by atoms with van der Waals surface area (Å²) >= 11 is 7.40. The van der Waals surface area contributed by atoms with Gasteiger partial charge in [-0.1, -0.05) is 30.2 Å². The number of carbonyl (C=O) groups is 1. The molecule has 2 unspecified atom stereocenters. The molecule has 32 heavy (non-hydrogen) atoms. The summed E-state index contributed by atoms with van der Waals surface area (Å²) in [5, 5.41) is 4.84. The van der Waals surface area contributed by atoms with Crippen LogP contribution in [0.3, 0.4) is 0 Å². The van der Waals surface area contributed by atoms with Gasteiger partial charge in [0.2, 0.25) is 11.0 Å². The molecule has 8 heteroatoms. The number of nitrogens with one attached hydrogen (secondary N) is 1. The molecule has 0 spiro atoms. The van der Waals surface area contributed by atoms with Crippen molar-refractivity contribution in [1.29, 1.82) is 0 Å². The lowest BCUT2D eigenvalue weighted by molar-refractivity contribution is -0.125. The van der Waals surface area contributed by atoms with Gasteiger partial charge in [-0.05, 0) is 63.3 Å². The van der Waals surface area contributed by atoms with Crippen molar-refractivity contribution in [2.45, 2.75) is 57.9 Å². The number of halogens is 1. The van der Waals surface area contributed by atoms with E-state index in [4.69, 9.17) is 16.6 Å². The van der Waals surface area contributed by atoms with Crippen LogP contribution in [0.4, 0.5) is 5.13 Å². The second-order valence-corrected chi connectivity index (χ2v) is 10.3. The minimum atomic E-state index is 0.0290. The van der Waals surface area contributed by atoms with E-state index in [1.54, 1.807) is 0 Å². The summed E-state index contributed by atoms with van der Waals surface area (Å²) in [7, 11) is 0. The molecule has 0 radical (unpaired) electrons. The zero-order valence-corrected chi connectivity index (χ0v) is 20.5. The number of aromatic nitrogens is 2. The normalized spacial score (nSPS) is 22.1. The standard InChI is InChI=1S/C24H34ClN5OS/c1-18-6-2-3-13-29(18)15-5-12-26-23(31)20-7-4-14-30(17-20)24-27-22(28-32-24)16-19-8-10-21(25)11-9-19/h8-11,18,20H,2-7,12-17H2,1H3,(H,26,31). The third kappa shape index (κ3) is 6.42. The van der Waals surface area contributed by atoms with E-state index < -0.39 is 0 Å². The predicted molar refractivity (Wildman–Crippen MR) is 132 cm³/mol. The minimum absolute atomic E-state index is 0.0290. The van der Waals surface area contributed by atoms with Crippen LogP contribution in [0, 0.1) is 5.92 Å². The fourth-order valence-electron chi connectivity index (χ4n) is 4.72. The van der Waals surface area contributed by atoms with Crippen molar-refractivity contribution < 1.29 is 4.79 Å². The lowest BCUT2D eigenvalue weighted by atomic mass is 9.97. The van der Waals surface area contributed by atoms with Crippen LogP contribution in [0.5, 0.6) is 0 Å². The molecule has 0 saturated carbocycles. The highest BCUT2D eigenvalue weighted by Crippen LogP contribution is 2.26. The van der Waals surface area contributed by atoms with Gasteiger partial charge in [0.25, 0.3) is 0 Å². The third-order valence-corrected chi connectivity index (χ3v) is 7.72. The van der Waals surface area contributed by atoms with E-state index in [-0.39, 0.29) is 11.8 Å². The maximum Gasteiger partial charge on any atom is 0.224 e. The Bertz CT molecular complexity index is 874. The lowest BCUT2D eigenvalue weighted by Crippen LogP contribution is -2.44. The molecule has 3 heterocycles. The number of anilines is 1. The number of hydrogen-bond donors (Lipinski definition) is 1. The Morgan fingerprint density at radius 1 is 1.19 bits per heavy atom. The van der Waals surface area contributed by atoms with Crippen molar-refractivity contribution in [2.75, 3.05) is 37.6 Å². The van der Waals surface area contributed by atoms with Gasteiger partial charge in [0.1, 0.15) is 5.82 Å². The molecule has 2 aliphatic heterocycles. The van der Waals surface area contributed by atoms with E-state index in [0.29, 0.717) is 12.5 Å². The van der Waals surface area contributed by atoms with Gasteiger partial charge in [-0.25, -0.2) is 4.98 Å². The van der Waals surface area contributed by atoms with Crippen molar-refractivity contribution in [1.82, 2.24) is 19.6 Å². The molecule has 1 amide bonds. The molecular weight excluding hydrogens is 442 g/mol. The smallest absolute Gasteiger partial charge is 0.224 e.